The van der Waals surface area contributed by atoms with Crippen LogP contribution < -0.4 is 0 Å². The summed E-state index contributed by atoms with van der Waals surface area (Å²) in [5.74, 6) is 0.524. The van der Waals surface area contributed by atoms with Crippen LogP contribution in [0.5, 0.6) is 0 Å². The third kappa shape index (κ3) is 5.18. The van der Waals surface area contributed by atoms with Crippen LogP contribution in [0.3, 0.4) is 0 Å². The minimum atomic E-state index is -0.978. The molecule has 0 aliphatic heterocycles. The second-order valence-electron chi connectivity index (χ2n) is 3.29. The highest BCUT2D eigenvalue weighted by molar-refractivity contribution is 4.66. The quantitative estimate of drug-likeness (QED) is 0.539. The number of hydrogen-bond acceptors (Lipinski definition) is 3. The molecule has 0 rings (SSSR count). The van der Waals surface area contributed by atoms with E-state index >= 15 is 0 Å². The van der Waals surface area contributed by atoms with Crippen LogP contribution >= 0.6 is 0 Å². The van der Waals surface area contributed by atoms with Crippen LogP contribution in [-0.4, -0.2) is 34.1 Å². The molecule has 0 aromatic carbocycles. The van der Waals surface area contributed by atoms with Gasteiger partial charge in [-0.05, 0) is 18.8 Å². The van der Waals surface area contributed by atoms with Gasteiger partial charge < -0.3 is 15.3 Å². The van der Waals surface area contributed by atoms with Crippen molar-refractivity contribution < 1.29 is 15.3 Å². The second kappa shape index (κ2) is 5.52. The highest BCUT2D eigenvalue weighted by atomic mass is 16.4. The lowest BCUT2D eigenvalue weighted by molar-refractivity contribution is -0.0196. The van der Waals surface area contributed by atoms with E-state index in [1.807, 2.05) is 0 Å². The van der Waals surface area contributed by atoms with Crippen LogP contribution in [0.4, 0.5) is 0 Å². The molecule has 0 saturated heterocycles. The standard InChI is InChI=1S/C8H18O3/c1-6(2)3-4-7(10)8(11)5-9/h6-11H,3-5H2,1-2H3. The SMILES string of the molecule is CC(C)CCC(O)C(O)CO. The van der Waals surface area contributed by atoms with Crippen LogP contribution in [0.15, 0.2) is 0 Å². The average Bonchev–Trinajstić information content (AvgIpc) is 1.98. The Hall–Kier alpha value is -0.120. The van der Waals surface area contributed by atoms with Gasteiger partial charge in [0.15, 0.2) is 0 Å². The van der Waals surface area contributed by atoms with Crippen molar-refractivity contribution in [3.05, 3.63) is 0 Å². The molecule has 0 amide bonds. The molecule has 0 fully saturated rings. The minimum absolute atomic E-state index is 0.362. The van der Waals surface area contributed by atoms with Crippen molar-refractivity contribution in [2.75, 3.05) is 6.61 Å². The molecule has 3 N–H and O–H groups in total. The topological polar surface area (TPSA) is 60.7 Å². The van der Waals surface area contributed by atoms with E-state index in [0.29, 0.717) is 12.3 Å². The molecular weight excluding hydrogens is 144 g/mol. The van der Waals surface area contributed by atoms with E-state index in [-0.39, 0.29) is 6.61 Å². The summed E-state index contributed by atoms with van der Waals surface area (Å²) in [5.41, 5.74) is 0. The zero-order chi connectivity index (χ0) is 8.85. The van der Waals surface area contributed by atoms with Crippen LogP contribution in [-0.2, 0) is 0 Å². The first-order chi connectivity index (χ1) is 5.07. The number of aliphatic hydroxyl groups is 3. The van der Waals surface area contributed by atoms with E-state index in [2.05, 4.69) is 13.8 Å². The van der Waals surface area contributed by atoms with Gasteiger partial charge in [0.2, 0.25) is 0 Å². The fraction of sp³-hybridized carbons (Fsp3) is 1.00. The molecular formula is C8H18O3. The Kier molecular flexibility index (Phi) is 5.46. The first-order valence-electron chi connectivity index (χ1n) is 4.05. The maximum absolute atomic E-state index is 9.16. The zero-order valence-electron chi connectivity index (χ0n) is 7.20. The Morgan fingerprint density at radius 3 is 1.91 bits per heavy atom. The van der Waals surface area contributed by atoms with Crippen molar-refractivity contribution in [3.63, 3.8) is 0 Å². The van der Waals surface area contributed by atoms with Crippen molar-refractivity contribution in [1.29, 1.82) is 0 Å². The zero-order valence-corrected chi connectivity index (χ0v) is 7.20. The van der Waals surface area contributed by atoms with E-state index in [1.54, 1.807) is 0 Å². The summed E-state index contributed by atoms with van der Waals surface area (Å²) < 4.78 is 0. The molecule has 0 aliphatic carbocycles. The molecule has 0 aromatic rings. The van der Waals surface area contributed by atoms with Crippen molar-refractivity contribution in [2.24, 2.45) is 5.92 Å². The Balaban J connectivity index is 3.43. The molecule has 3 heteroatoms. The van der Waals surface area contributed by atoms with Crippen molar-refractivity contribution >= 4 is 0 Å². The van der Waals surface area contributed by atoms with E-state index in [1.165, 1.54) is 0 Å². The number of hydrogen-bond donors (Lipinski definition) is 3. The summed E-state index contributed by atoms with van der Waals surface area (Å²) in [4.78, 5) is 0. The summed E-state index contributed by atoms with van der Waals surface area (Å²) in [6.45, 7) is 3.75. The van der Waals surface area contributed by atoms with Gasteiger partial charge in [-0.15, -0.1) is 0 Å². The van der Waals surface area contributed by atoms with Crippen LogP contribution in [0.25, 0.3) is 0 Å². The third-order valence-corrected chi connectivity index (χ3v) is 1.67. The molecule has 0 aromatic heterocycles. The lowest BCUT2D eigenvalue weighted by atomic mass is 10.0. The number of aliphatic hydroxyl groups excluding tert-OH is 3. The first kappa shape index (κ1) is 10.9. The van der Waals surface area contributed by atoms with Crippen molar-refractivity contribution in [3.8, 4) is 0 Å². The molecule has 0 radical (unpaired) electrons. The predicted octanol–water partition coefficient (Wildman–Crippen LogP) is 0.137. The molecule has 2 atom stereocenters. The van der Waals surface area contributed by atoms with Gasteiger partial charge in [0.05, 0.1) is 12.7 Å². The summed E-state index contributed by atoms with van der Waals surface area (Å²) in [6, 6.07) is 0. The van der Waals surface area contributed by atoms with Gasteiger partial charge in [-0.3, -0.25) is 0 Å². The normalized spacial score (nSPS) is 16.9. The average molecular weight is 162 g/mol. The summed E-state index contributed by atoms with van der Waals surface area (Å²) in [5, 5.41) is 26.6. The van der Waals surface area contributed by atoms with E-state index in [4.69, 9.17) is 15.3 Å². The minimum Gasteiger partial charge on any atom is -0.394 e. The van der Waals surface area contributed by atoms with Crippen LogP contribution in [0.2, 0.25) is 0 Å². The van der Waals surface area contributed by atoms with E-state index in [9.17, 15) is 0 Å². The largest absolute Gasteiger partial charge is 0.394 e. The first-order valence-corrected chi connectivity index (χ1v) is 4.05. The molecule has 0 aliphatic rings. The van der Waals surface area contributed by atoms with Gasteiger partial charge in [0, 0.05) is 0 Å². The fourth-order valence-corrected chi connectivity index (χ4v) is 0.818. The lowest BCUT2D eigenvalue weighted by Gasteiger charge is -2.15. The predicted molar refractivity (Wildman–Crippen MR) is 43.2 cm³/mol. The van der Waals surface area contributed by atoms with Crippen LogP contribution in [0, 0.1) is 5.92 Å². The number of rotatable bonds is 5. The van der Waals surface area contributed by atoms with Crippen LogP contribution in [0.1, 0.15) is 26.7 Å². The molecule has 11 heavy (non-hydrogen) atoms. The van der Waals surface area contributed by atoms with Gasteiger partial charge >= 0.3 is 0 Å². The highest BCUT2D eigenvalue weighted by Crippen LogP contribution is 2.08. The molecule has 3 nitrogen and oxygen atoms in total. The highest BCUT2D eigenvalue weighted by Gasteiger charge is 2.14. The fourth-order valence-electron chi connectivity index (χ4n) is 0.818. The Bertz CT molecular complexity index is 93.3. The van der Waals surface area contributed by atoms with Gasteiger partial charge in [0.25, 0.3) is 0 Å². The Labute approximate surface area is 67.7 Å². The summed E-state index contributed by atoms with van der Waals surface area (Å²) in [7, 11) is 0. The molecule has 0 saturated carbocycles. The van der Waals surface area contributed by atoms with Gasteiger partial charge in [-0.25, -0.2) is 0 Å². The maximum Gasteiger partial charge on any atom is 0.103 e. The summed E-state index contributed by atoms with van der Waals surface area (Å²) >= 11 is 0. The third-order valence-electron chi connectivity index (χ3n) is 1.67. The van der Waals surface area contributed by atoms with Crippen molar-refractivity contribution in [1.82, 2.24) is 0 Å². The van der Waals surface area contributed by atoms with E-state index < -0.39 is 12.2 Å². The molecule has 0 spiro atoms. The van der Waals surface area contributed by atoms with Gasteiger partial charge in [-0.1, -0.05) is 13.8 Å². The Morgan fingerprint density at radius 2 is 1.55 bits per heavy atom. The summed E-state index contributed by atoms with van der Waals surface area (Å²) in [6.07, 6.45) is -0.325. The van der Waals surface area contributed by atoms with Gasteiger partial charge in [-0.2, -0.15) is 0 Å². The molecule has 0 bridgehead atoms. The van der Waals surface area contributed by atoms with Crippen molar-refractivity contribution in [2.45, 2.75) is 38.9 Å². The second-order valence-corrected chi connectivity index (χ2v) is 3.29. The lowest BCUT2D eigenvalue weighted by Crippen LogP contribution is -2.29. The van der Waals surface area contributed by atoms with E-state index in [0.717, 1.165) is 6.42 Å². The monoisotopic (exact) mass is 162 g/mol. The Morgan fingerprint density at radius 1 is 1.00 bits per heavy atom. The smallest absolute Gasteiger partial charge is 0.103 e. The molecule has 0 heterocycles. The van der Waals surface area contributed by atoms with Gasteiger partial charge in [0.1, 0.15) is 6.10 Å². The maximum atomic E-state index is 9.16. The molecule has 2 unspecified atom stereocenters. The molecule has 68 valence electrons.